The Kier molecular flexibility index (Phi) is 16300. The normalized spacial score (nSPS) is 2.73. The molecule has 0 saturated carbocycles. The molecule has 0 saturated heterocycles. The Morgan fingerprint density at radius 3 is 0.303 bits per heavy atom. The smallest absolute Gasteiger partial charge is 0.0536 e. The maximum Gasteiger partial charge on any atom is -0.0536 e. The van der Waals surface area contributed by atoms with E-state index in [0.717, 1.165) is 0 Å². The van der Waals surface area contributed by atoms with Crippen molar-refractivity contribution in [3.63, 3.8) is 0 Å². The highest BCUT2D eigenvalue weighted by Gasteiger charge is 1.75. The van der Waals surface area contributed by atoms with Gasteiger partial charge in [0.1, 0.15) is 0 Å². The van der Waals surface area contributed by atoms with Gasteiger partial charge < -0.3 is 0 Å². The summed E-state index contributed by atoms with van der Waals surface area (Å²) in [5.41, 5.74) is 0. The topological polar surface area (TPSA) is 0 Å². The Morgan fingerprint density at radius 2 is 0.273 bits per heavy atom. The van der Waals surface area contributed by atoms with Crippen molar-refractivity contribution in [3.8, 4) is 0 Å². The first-order chi connectivity index (χ1) is 8.91. The van der Waals surface area contributed by atoms with Crippen molar-refractivity contribution in [3.05, 3.63) is 0 Å². The predicted octanol–water partition coefficient (Wildman–Crippen LogP) is 18.3. The zero-order valence-corrected chi connectivity index (χ0v) is 16.8. The highest BCUT2D eigenvalue weighted by atomic mass is 13.8. The van der Waals surface area contributed by atoms with Crippen LogP contribution in [0.25, 0.3) is 0 Å². The van der Waals surface area contributed by atoms with Crippen molar-refractivity contribution in [1.29, 1.82) is 0 Å². The van der Waals surface area contributed by atoms with Crippen molar-refractivity contribution in [2.24, 2.45) is 0 Å². The third-order valence-electron chi connectivity index (χ3n) is 0.957. The van der Waals surface area contributed by atoms with Crippen LogP contribution < -0.4 is 0 Å². The van der Waals surface area contributed by atoms with E-state index in [9.17, 15) is 0 Å². The second-order valence-electron chi connectivity index (χ2n) is 1.71. The summed E-state index contributed by atoms with van der Waals surface area (Å²) in [5, 5.41) is 0. The lowest BCUT2D eigenvalue weighted by Gasteiger charge is -1.86. The predicted molar refractivity (Wildman–Crippen MR) is 199 cm³/mol. The van der Waals surface area contributed by atoms with Crippen LogP contribution in [0.15, 0.2) is 0 Å². The first-order valence-electron chi connectivity index (χ1n) is 8.91. The summed E-state index contributed by atoms with van der Waals surface area (Å²) < 4.78 is 0. The molecule has 0 nitrogen and oxygen atoms in total. The number of unbranched alkanes of at least 4 members (excludes halogenated alkanes) is 3. The summed E-state index contributed by atoms with van der Waals surface area (Å²) in [7, 11) is 0. The van der Waals surface area contributed by atoms with E-state index in [-0.39, 0.29) is 111 Å². The molecule has 0 atom stereocenters. The molecular formula is C33H110. The molecule has 0 aromatic heterocycles. The van der Waals surface area contributed by atoms with Crippen LogP contribution >= 0.6 is 0 Å². The molecule has 0 unspecified atom stereocenters. The maximum absolute atomic E-state index is 2.23. The molecule has 0 aliphatic heterocycles. The van der Waals surface area contributed by atoms with Crippen LogP contribution in [0.4, 0.5) is 0 Å². The summed E-state index contributed by atoms with van der Waals surface area (Å²) in [6.45, 7) is 28.5. The molecule has 242 valence electrons. The average molecular weight is 507 g/mol. The van der Waals surface area contributed by atoms with Crippen molar-refractivity contribution < 1.29 is 0 Å². The largest absolute Gasteiger partial charge is 0.0776 e. The minimum Gasteiger partial charge on any atom is -0.0776 e. The molecule has 0 bridgehead atoms. The van der Waals surface area contributed by atoms with E-state index in [4.69, 9.17) is 0 Å². The Balaban J connectivity index is -0.00000000208. The van der Waals surface area contributed by atoms with Gasteiger partial charge in [0, 0.05) is 0 Å². The van der Waals surface area contributed by atoms with Crippen LogP contribution in [0.3, 0.4) is 0 Å². The molecule has 0 N–H and O–H groups in total. The van der Waals surface area contributed by atoms with Gasteiger partial charge in [-0.25, -0.2) is 0 Å². The van der Waals surface area contributed by atoms with E-state index in [1.54, 1.807) is 0 Å². The van der Waals surface area contributed by atoms with E-state index in [2.05, 4.69) is 13.8 Å². The summed E-state index contributed by atoms with van der Waals surface area (Å²) in [5.74, 6) is 0. The molecule has 0 radical (unpaired) electrons. The minimum atomic E-state index is 0. The Hall–Kier alpha value is 0. The fourth-order valence-corrected chi connectivity index (χ4v) is 0.500. The molecule has 0 aliphatic carbocycles. The van der Waals surface area contributed by atoms with Gasteiger partial charge in [-0.3, -0.25) is 0 Å². The van der Waals surface area contributed by atoms with Crippen LogP contribution in [0.5, 0.6) is 0 Å². The Morgan fingerprint density at radius 1 is 0.212 bits per heavy atom. The van der Waals surface area contributed by atoms with Crippen LogP contribution in [-0.4, -0.2) is 0 Å². The van der Waals surface area contributed by atoms with E-state index in [0.29, 0.717) is 0 Å². The highest BCUT2D eigenvalue weighted by Crippen LogP contribution is 1.95. The van der Waals surface area contributed by atoms with E-state index in [1.807, 2.05) is 83.1 Å². The molecule has 0 heteroatoms. The molecule has 0 aromatic carbocycles. The zero-order chi connectivity index (χ0) is 16.8. The molecule has 0 fully saturated rings. The number of hydrogen-bond acceptors (Lipinski definition) is 0. The second-order valence-corrected chi connectivity index (χ2v) is 1.71. The average Bonchev–Trinajstić information content (AvgIpc) is 2.57. The van der Waals surface area contributed by atoms with Crippen LogP contribution in [-0.2, 0) is 0 Å². The monoisotopic (exact) mass is 507 g/mol. The van der Waals surface area contributed by atoms with E-state index in [1.165, 1.54) is 25.7 Å². The van der Waals surface area contributed by atoms with Crippen molar-refractivity contribution >= 4 is 0 Å². The van der Waals surface area contributed by atoms with Crippen LogP contribution in [0.2, 0.25) is 0 Å². The number of hydrogen-bond donors (Lipinski definition) is 0. The standard InChI is InChI=1S/C6H14.6C2H6.15CH4/c1-3-5-6-4-2;6*1-2;;;;;;;;;;;;;;;/h3-6H2,1-2H3;6*1-2H3;15*1H4. The van der Waals surface area contributed by atoms with Gasteiger partial charge in [-0.2, -0.15) is 0 Å². The van der Waals surface area contributed by atoms with Crippen molar-refractivity contribution in [1.82, 2.24) is 0 Å². The third kappa shape index (κ3) is 3200. The van der Waals surface area contributed by atoms with Crippen LogP contribution in [0.1, 0.15) is 234 Å². The molecule has 0 aromatic rings. The SMILES string of the molecule is C.C.C.C.C.C.C.C.C.C.C.C.C.C.C.CC.CC.CC.CC.CC.CC.CCCCCC. The quantitative estimate of drug-likeness (QED) is 0.334. The van der Waals surface area contributed by atoms with Gasteiger partial charge in [-0.05, 0) is 0 Å². The van der Waals surface area contributed by atoms with Gasteiger partial charge in [-0.15, -0.1) is 0 Å². The van der Waals surface area contributed by atoms with Gasteiger partial charge >= 0.3 is 0 Å². The Labute approximate surface area is 234 Å². The van der Waals surface area contributed by atoms with E-state index < -0.39 is 0 Å². The Bertz CT molecular complexity index is 12.0. The third-order valence-corrected chi connectivity index (χ3v) is 0.957. The lowest BCUT2D eigenvalue weighted by molar-refractivity contribution is 0.702. The van der Waals surface area contributed by atoms with Gasteiger partial charge in [0.05, 0.1) is 0 Å². The minimum absolute atomic E-state index is 0. The molecule has 33 heavy (non-hydrogen) atoms. The van der Waals surface area contributed by atoms with Crippen molar-refractivity contribution in [2.45, 2.75) is 234 Å². The fourth-order valence-electron chi connectivity index (χ4n) is 0.500. The highest BCUT2D eigenvalue weighted by molar-refractivity contribution is 4.31. The summed E-state index contributed by atoms with van der Waals surface area (Å²) in [6.07, 6.45) is 5.54. The van der Waals surface area contributed by atoms with E-state index >= 15 is 0 Å². The lowest BCUT2D eigenvalue weighted by atomic mass is 10.2. The molecule has 0 aliphatic rings. The molecule has 0 rings (SSSR count). The summed E-state index contributed by atoms with van der Waals surface area (Å²) >= 11 is 0. The maximum atomic E-state index is 2.23. The number of rotatable bonds is 3. The first kappa shape index (κ1) is 279. The molecule has 0 spiro atoms. The lowest BCUT2D eigenvalue weighted by Crippen LogP contribution is -1.66. The molecule has 0 heterocycles. The second kappa shape index (κ2) is 1920. The fraction of sp³-hybridized carbons (Fsp3) is 1.00. The summed E-state index contributed by atoms with van der Waals surface area (Å²) in [4.78, 5) is 0. The molecule has 0 amide bonds. The van der Waals surface area contributed by atoms with Gasteiger partial charge in [0.25, 0.3) is 0 Å². The van der Waals surface area contributed by atoms with Gasteiger partial charge in [0.15, 0.2) is 0 Å². The van der Waals surface area contributed by atoms with Crippen molar-refractivity contribution in [2.75, 3.05) is 0 Å². The zero-order valence-electron chi connectivity index (χ0n) is 16.8. The first-order valence-corrected chi connectivity index (χ1v) is 8.91. The van der Waals surface area contributed by atoms with Crippen LogP contribution in [0, 0.1) is 0 Å². The van der Waals surface area contributed by atoms with Gasteiger partial charge in [0.2, 0.25) is 0 Å². The summed E-state index contributed by atoms with van der Waals surface area (Å²) in [6, 6.07) is 0. The molecular weight excluding hydrogens is 396 g/mol. The van der Waals surface area contributed by atoms with Gasteiger partial charge in [-0.1, -0.05) is 234 Å².